The van der Waals surface area contributed by atoms with Crippen LogP contribution in [0, 0.1) is 13.8 Å². The monoisotopic (exact) mass is 381 g/mol. The standard InChI is InChI=1S/C17H23N3O3S2/c1-11-5-6-14(12(2)7-11)20-15-10-25(22,23)9-13(15)18-17(20)24-8-16(21)19(3)4/h5-7,13,15H,8-10H2,1-4H3/t13-,15+/m0/s1. The quantitative estimate of drug-likeness (QED) is 0.793. The fourth-order valence-corrected chi connectivity index (χ4v) is 6.18. The molecule has 0 radical (unpaired) electrons. The Morgan fingerprint density at radius 1 is 1.32 bits per heavy atom. The fourth-order valence-electron chi connectivity index (χ4n) is 3.25. The van der Waals surface area contributed by atoms with Crippen LogP contribution in [0.1, 0.15) is 11.1 Å². The molecule has 1 aromatic rings. The van der Waals surface area contributed by atoms with E-state index in [9.17, 15) is 13.2 Å². The number of fused-ring (bicyclic) bond motifs is 1. The number of thioether (sulfide) groups is 1. The number of hydrogen-bond donors (Lipinski definition) is 0. The van der Waals surface area contributed by atoms with Gasteiger partial charge in [-0.3, -0.25) is 9.79 Å². The van der Waals surface area contributed by atoms with Crippen LogP contribution in [0.25, 0.3) is 0 Å². The molecule has 1 amide bonds. The van der Waals surface area contributed by atoms with Crippen LogP contribution in [0.5, 0.6) is 0 Å². The van der Waals surface area contributed by atoms with Crippen molar-refractivity contribution < 1.29 is 13.2 Å². The Balaban J connectivity index is 1.93. The lowest BCUT2D eigenvalue weighted by Crippen LogP contribution is -2.40. The van der Waals surface area contributed by atoms with Crippen molar-refractivity contribution >= 4 is 38.4 Å². The lowest BCUT2D eigenvalue weighted by atomic mass is 10.1. The van der Waals surface area contributed by atoms with Gasteiger partial charge in [-0.05, 0) is 25.5 Å². The maximum atomic E-state index is 12.1. The molecule has 3 rings (SSSR count). The zero-order chi connectivity index (χ0) is 18.4. The van der Waals surface area contributed by atoms with Crippen LogP contribution in [0.15, 0.2) is 23.2 Å². The number of aliphatic imine (C=N–C) groups is 1. The van der Waals surface area contributed by atoms with Crippen LogP contribution >= 0.6 is 11.8 Å². The number of nitrogens with zero attached hydrogens (tertiary/aromatic N) is 3. The lowest BCUT2D eigenvalue weighted by Gasteiger charge is -2.28. The normalized spacial score (nSPS) is 24.2. The van der Waals surface area contributed by atoms with Gasteiger partial charge >= 0.3 is 0 Å². The summed E-state index contributed by atoms with van der Waals surface area (Å²) >= 11 is 1.38. The summed E-state index contributed by atoms with van der Waals surface area (Å²) in [5.74, 6) is 0.502. The molecular formula is C17H23N3O3S2. The SMILES string of the molecule is Cc1ccc(N2C(SCC(=O)N(C)C)=N[C@H]3CS(=O)(=O)C[C@H]32)c(C)c1. The van der Waals surface area contributed by atoms with E-state index in [1.54, 1.807) is 19.0 Å². The van der Waals surface area contributed by atoms with E-state index in [2.05, 4.69) is 11.1 Å². The summed E-state index contributed by atoms with van der Waals surface area (Å²) in [5.41, 5.74) is 3.21. The van der Waals surface area contributed by atoms with Gasteiger partial charge in [-0.1, -0.05) is 29.5 Å². The Bertz CT molecular complexity index is 834. The Morgan fingerprint density at radius 2 is 2.04 bits per heavy atom. The number of amidine groups is 1. The molecule has 2 aliphatic heterocycles. The number of anilines is 1. The van der Waals surface area contributed by atoms with E-state index >= 15 is 0 Å². The van der Waals surface area contributed by atoms with E-state index in [1.165, 1.54) is 11.8 Å². The topological polar surface area (TPSA) is 70.1 Å². The second kappa shape index (κ2) is 6.64. The van der Waals surface area contributed by atoms with Crippen molar-refractivity contribution in [2.24, 2.45) is 4.99 Å². The molecule has 25 heavy (non-hydrogen) atoms. The first-order valence-electron chi connectivity index (χ1n) is 8.15. The first-order valence-corrected chi connectivity index (χ1v) is 11.0. The Labute approximate surface area is 153 Å². The van der Waals surface area contributed by atoms with Gasteiger partial charge in [0.25, 0.3) is 0 Å². The van der Waals surface area contributed by atoms with Gasteiger partial charge in [0, 0.05) is 19.8 Å². The molecule has 2 heterocycles. The van der Waals surface area contributed by atoms with Crippen LogP contribution in [-0.2, 0) is 14.6 Å². The molecule has 0 spiro atoms. The van der Waals surface area contributed by atoms with Crippen molar-refractivity contribution in [2.75, 3.05) is 36.3 Å². The van der Waals surface area contributed by atoms with Crippen molar-refractivity contribution in [1.29, 1.82) is 0 Å². The number of benzene rings is 1. The molecule has 136 valence electrons. The van der Waals surface area contributed by atoms with Crippen molar-refractivity contribution in [3.63, 3.8) is 0 Å². The highest BCUT2D eigenvalue weighted by Crippen LogP contribution is 2.36. The van der Waals surface area contributed by atoms with Gasteiger partial charge in [-0.2, -0.15) is 0 Å². The Kier molecular flexibility index (Phi) is 4.85. The van der Waals surface area contributed by atoms with Crippen molar-refractivity contribution in [3.8, 4) is 0 Å². The molecule has 6 nitrogen and oxygen atoms in total. The molecule has 0 bridgehead atoms. The van der Waals surface area contributed by atoms with Gasteiger partial charge in [0.05, 0.1) is 29.3 Å². The molecule has 0 unspecified atom stereocenters. The first-order chi connectivity index (χ1) is 11.7. The third-order valence-electron chi connectivity index (χ3n) is 4.54. The third kappa shape index (κ3) is 3.69. The van der Waals surface area contributed by atoms with Crippen LogP contribution in [0.4, 0.5) is 5.69 Å². The Morgan fingerprint density at radius 3 is 2.68 bits per heavy atom. The average Bonchev–Trinajstić information content (AvgIpc) is 2.96. The number of aryl methyl sites for hydroxylation is 2. The number of amides is 1. The molecule has 1 aromatic carbocycles. The fraction of sp³-hybridized carbons (Fsp3) is 0.529. The zero-order valence-corrected chi connectivity index (χ0v) is 16.5. The summed E-state index contributed by atoms with van der Waals surface area (Å²) in [6.07, 6.45) is 0. The highest BCUT2D eigenvalue weighted by Gasteiger charge is 2.47. The minimum Gasteiger partial charge on any atom is -0.348 e. The van der Waals surface area contributed by atoms with Gasteiger partial charge in [0.2, 0.25) is 5.91 Å². The molecule has 8 heteroatoms. The molecule has 0 N–H and O–H groups in total. The molecule has 2 aliphatic rings. The van der Waals surface area contributed by atoms with Gasteiger partial charge in [0.1, 0.15) is 0 Å². The molecule has 1 saturated heterocycles. The largest absolute Gasteiger partial charge is 0.348 e. The molecule has 0 aromatic heterocycles. The van der Waals surface area contributed by atoms with E-state index in [-0.39, 0.29) is 29.5 Å². The maximum Gasteiger partial charge on any atom is 0.232 e. The van der Waals surface area contributed by atoms with Gasteiger partial charge in [-0.25, -0.2) is 8.42 Å². The molecular weight excluding hydrogens is 358 g/mol. The number of hydrogen-bond acceptors (Lipinski definition) is 6. The summed E-state index contributed by atoms with van der Waals surface area (Å²) < 4.78 is 24.1. The summed E-state index contributed by atoms with van der Waals surface area (Å²) in [5, 5.41) is 0.743. The van der Waals surface area contributed by atoms with E-state index < -0.39 is 9.84 Å². The third-order valence-corrected chi connectivity index (χ3v) is 7.19. The van der Waals surface area contributed by atoms with Crippen molar-refractivity contribution in [1.82, 2.24) is 4.90 Å². The predicted molar refractivity (Wildman–Crippen MR) is 103 cm³/mol. The smallest absolute Gasteiger partial charge is 0.232 e. The molecule has 2 atom stereocenters. The minimum absolute atomic E-state index is 0.0120. The van der Waals surface area contributed by atoms with E-state index in [0.717, 1.165) is 22.0 Å². The Hall–Kier alpha value is -1.54. The second-order valence-corrected chi connectivity index (χ2v) is 9.96. The van der Waals surface area contributed by atoms with E-state index in [4.69, 9.17) is 0 Å². The first kappa shape index (κ1) is 18.3. The number of rotatable bonds is 3. The van der Waals surface area contributed by atoms with E-state index in [0.29, 0.717) is 5.75 Å². The number of carbonyl (C=O) groups excluding carboxylic acids is 1. The van der Waals surface area contributed by atoms with Crippen LogP contribution in [0.2, 0.25) is 0 Å². The van der Waals surface area contributed by atoms with Crippen molar-refractivity contribution in [3.05, 3.63) is 29.3 Å². The number of sulfone groups is 1. The number of carbonyl (C=O) groups is 1. The summed E-state index contributed by atoms with van der Waals surface area (Å²) in [6.45, 7) is 4.05. The maximum absolute atomic E-state index is 12.1. The predicted octanol–water partition coefficient (Wildman–Crippen LogP) is 1.47. The molecule has 1 fully saturated rings. The van der Waals surface area contributed by atoms with Crippen molar-refractivity contribution in [2.45, 2.75) is 25.9 Å². The minimum atomic E-state index is -3.07. The van der Waals surface area contributed by atoms with Crippen LogP contribution in [0.3, 0.4) is 0 Å². The van der Waals surface area contributed by atoms with Crippen LogP contribution in [-0.4, -0.2) is 67.8 Å². The van der Waals surface area contributed by atoms with Gasteiger partial charge in [-0.15, -0.1) is 0 Å². The molecule has 0 saturated carbocycles. The zero-order valence-electron chi connectivity index (χ0n) is 14.9. The summed E-state index contributed by atoms with van der Waals surface area (Å²) in [6, 6.07) is 5.69. The second-order valence-electron chi connectivity index (χ2n) is 6.86. The molecule has 0 aliphatic carbocycles. The van der Waals surface area contributed by atoms with Gasteiger partial charge < -0.3 is 9.80 Å². The van der Waals surface area contributed by atoms with E-state index in [1.807, 2.05) is 30.9 Å². The van der Waals surface area contributed by atoms with Gasteiger partial charge in [0.15, 0.2) is 15.0 Å². The average molecular weight is 382 g/mol. The highest BCUT2D eigenvalue weighted by molar-refractivity contribution is 8.14. The highest BCUT2D eigenvalue weighted by atomic mass is 32.2. The summed E-state index contributed by atoms with van der Waals surface area (Å²) in [4.78, 5) is 20.2. The lowest BCUT2D eigenvalue weighted by molar-refractivity contribution is -0.125. The van der Waals surface area contributed by atoms with Crippen LogP contribution < -0.4 is 4.90 Å². The summed E-state index contributed by atoms with van der Waals surface area (Å²) in [7, 11) is 0.381.